The highest BCUT2D eigenvalue weighted by molar-refractivity contribution is 5.78. The number of ether oxygens (including phenoxy) is 1. The summed E-state index contributed by atoms with van der Waals surface area (Å²) in [5.74, 6) is 1.34. The van der Waals surface area contributed by atoms with Gasteiger partial charge in [-0.3, -0.25) is 4.68 Å². The second-order valence-electron chi connectivity index (χ2n) is 8.09. The summed E-state index contributed by atoms with van der Waals surface area (Å²) in [6, 6.07) is 12.2. The molecular formula is C24H26FN3O. The molecule has 1 aliphatic heterocycles. The van der Waals surface area contributed by atoms with Crippen molar-refractivity contribution < 1.29 is 9.13 Å². The van der Waals surface area contributed by atoms with Gasteiger partial charge in [0.15, 0.2) is 0 Å². The Morgan fingerprint density at radius 1 is 1.17 bits per heavy atom. The van der Waals surface area contributed by atoms with Crippen LogP contribution in [0.1, 0.15) is 44.7 Å². The van der Waals surface area contributed by atoms with Gasteiger partial charge in [-0.1, -0.05) is 18.2 Å². The molecule has 1 aromatic heterocycles. The Bertz CT molecular complexity index is 1030. The van der Waals surface area contributed by atoms with Crippen LogP contribution in [0.5, 0.6) is 11.5 Å². The third-order valence-corrected chi connectivity index (χ3v) is 6.07. The fraction of sp³-hybridized carbons (Fsp3) is 0.375. The number of hydrogen-bond donors (Lipinski definition) is 0. The summed E-state index contributed by atoms with van der Waals surface area (Å²) >= 11 is 0. The van der Waals surface area contributed by atoms with Gasteiger partial charge < -0.3 is 9.64 Å². The minimum atomic E-state index is -0.178. The molecule has 0 spiro atoms. The third kappa shape index (κ3) is 3.28. The Balaban J connectivity index is 1.67. The van der Waals surface area contributed by atoms with Crippen LogP contribution in [0.4, 0.5) is 10.1 Å². The molecule has 1 fully saturated rings. The van der Waals surface area contributed by atoms with E-state index < -0.39 is 0 Å². The topological polar surface area (TPSA) is 30.3 Å². The molecule has 4 nitrogen and oxygen atoms in total. The lowest BCUT2D eigenvalue weighted by atomic mass is 9.92. The molecule has 2 aromatic carbocycles. The lowest BCUT2D eigenvalue weighted by Crippen LogP contribution is -2.38. The molecule has 0 saturated heterocycles. The van der Waals surface area contributed by atoms with Crippen molar-refractivity contribution in [1.82, 2.24) is 9.78 Å². The highest BCUT2D eigenvalue weighted by Crippen LogP contribution is 2.46. The number of halogens is 1. The van der Waals surface area contributed by atoms with Crippen molar-refractivity contribution in [2.45, 2.75) is 51.6 Å². The fourth-order valence-corrected chi connectivity index (χ4v) is 4.37. The maximum atomic E-state index is 15.4. The molecule has 2 aliphatic rings. The summed E-state index contributed by atoms with van der Waals surface area (Å²) in [5.41, 5.74) is 3.34. The van der Waals surface area contributed by atoms with Crippen molar-refractivity contribution in [2.75, 3.05) is 11.4 Å². The van der Waals surface area contributed by atoms with Crippen molar-refractivity contribution in [3.05, 3.63) is 60.2 Å². The van der Waals surface area contributed by atoms with E-state index >= 15 is 4.39 Å². The molecule has 0 bridgehead atoms. The van der Waals surface area contributed by atoms with Crippen LogP contribution >= 0.6 is 0 Å². The van der Waals surface area contributed by atoms with Crippen LogP contribution in [0.2, 0.25) is 0 Å². The van der Waals surface area contributed by atoms with E-state index in [1.807, 2.05) is 47.4 Å². The van der Waals surface area contributed by atoms with Crippen LogP contribution in [-0.4, -0.2) is 22.4 Å². The summed E-state index contributed by atoms with van der Waals surface area (Å²) < 4.78 is 23.8. The predicted octanol–water partition coefficient (Wildman–Crippen LogP) is 5.98. The second-order valence-corrected chi connectivity index (χ2v) is 8.09. The standard InChI is InChI=1S/C24H26FN3O/c1-3-27-16(2)9-12-20-23(27)22(25)13-21(17-14-26-28(15-17)18-10-11-18)24(20)29-19-7-5-4-6-8-19/h4-8,13-16,18H,3,9-12H2,1-2H3/t16-/m0/s1. The number of hydrogen-bond acceptors (Lipinski definition) is 3. The number of anilines is 1. The maximum Gasteiger partial charge on any atom is 0.147 e. The zero-order valence-electron chi connectivity index (χ0n) is 16.9. The van der Waals surface area contributed by atoms with Crippen molar-refractivity contribution in [3.8, 4) is 22.6 Å². The van der Waals surface area contributed by atoms with Crippen LogP contribution in [0, 0.1) is 5.82 Å². The number of nitrogens with zero attached hydrogens (tertiary/aromatic N) is 3. The Hall–Kier alpha value is -2.82. The van der Waals surface area contributed by atoms with Gasteiger partial charge in [0, 0.05) is 35.5 Å². The van der Waals surface area contributed by atoms with Gasteiger partial charge in [-0.25, -0.2) is 4.39 Å². The molecule has 0 N–H and O–H groups in total. The first-order valence-electron chi connectivity index (χ1n) is 10.5. The third-order valence-electron chi connectivity index (χ3n) is 6.07. The van der Waals surface area contributed by atoms with Gasteiger partial charge in [-0.05, 0) is 57.7 Å². The Morgan fingerprint density at radius 2 is 1.97 bits per heavy atom. The lowest BCUT2D eigenvalue weighted by Gasteiger charge is -2.37. The van der Waals surface area contributed by atoms with Crippen LogP contribution in [0.3, 0.4) is 0 Å². The molecular weight excluding hydrogens is 365 g/mol. The molecule has 5 heteroatoms. The van der Waals surface area contributed by atoms with E-state index in [9.17, 15) is 0 Å². The van der Waals surface area contributed by atoms with E-state index in [-0.39, 0.29) is 5.82 Å². The molecule has 0 unspecified atom stereocenters. The Morgan fingerprint density at radius 3 is 2.69 bits per heavy atom. The molecule has 2 heterocycles. The van der Waals surface area contributed by atoms with Crippen LogP contribution in [-0.2, 0) is 6.42 Å². The van der Waals surface area contributed by atoms with Crippen LogP contribution in [0.15, 0.2) is 48.8 Å². The molecule has 1 atom stereocenters. The van der Waals surface area contributed by atoms with E-state index in [2.05, 4.69) is 23.8 Å². The van der Waals surface area contributed by atoms with Crippen molar-refractivity contribution in [3.63, 3.8) is 0 Å². The van der Waals surface area contributed by atoms with E-state index in [0.717, 1.165) is 60.4 Å². The summed E-state index contributed by atoms with van der Waals surface area (Å²) in [6.45, 7) is 5.02. The number of fused-ring (bicyclic) bond motifs is 1. The highest BCUT2D eigenvalue weighted by Gasteiger charge is 2.31. The minimum Gasteiger partial charge on any atom is -0.456 e. The van der Waals surface area contributed by atoms with Crippen molar-refractivity contribution in [1.29, 1.82) is 0 Å². The van der Waals surface area contributed by atoms with Gasteiger partial charge in [-0.2, -0.15) is 5.10 Å². The summed E-state index contributed by atoms with van der Waals surface area (Å²) in [7, 11) is 0. The zero-order valence-corrected chi connectivity index (χ0v) is 16.9. The lowest BCUT2D eigenvalue weighted by molar-refractivity contribution is 0.463. The van der Waals surface area contributed by atoms with Gasteiger partial charge in [0.1, 0.15) is 17.3 Å². The Labute approximate surface area is 170 Å². The first kappa shape index (κ1) is 18.2. The summed E-state index contributed by atoms with van der Waals surface area (Å²) in [4.78, 5) is 2.16. The number of aromatic nitrogens is 2. The van der Waals surface area contributed by atoms with Gasteiger partial charge in [0.25, 0.3) is 0 Å². The first-order valence-corrected chi connectivity index (χ1v) is 10.5. The number of para-hydroxylation sites is 1. The van der Waals surface area contributed by atoms with Gasteiger partial charge >= 0.3 is 0 Å². The normalized spacial score (nSPS) is 18.6. The molecule has 3 aromatic rings. The summed E-state index contributed by atoms with van der Waals surface area (Å²) in [5, 5.41) is 4.52. The quantitative estimate of drug-likeness (QED) is 0.536. The molecule has 0 amide bonds. The molecule has 0 radical (unpaired) electrons. The van der Waals surface area contributed by atoms with Crippen LogP contribution in [0.25, 0.3) is 11.1 Å². The van der Waals surface area contributed by atoms with Gasteiger partial charge in [0.2, 0.25) is 0 Å². The van der Waals surface area contributed by atoms with Crippen molar-refractivity contribution in [2.24, 2.45) is 0 Å². The smallest absolute Gasteiger partial charge is 0.147 e. The first-order chi connectivity index (χ1) is 14.2. The van der Waals surface area contributed by atoms with Gasteiger partial charge in [0.05, 0.1) is 17.9 Å². The SMILES string of the molecule is CCN1c2c(F)cc(-c3cnn(C4CC4)c3)c(Oc3ccccc3)c2CC[C@@H]1C. The molecule has 5 rings (SSSR count). The van der Waals surface area contributed by atoms with E-state index in [1.165, 1.54) is 0 Å². The molecule has 29 heavy (non-hydrogen) atoms. The molecule has 150 valence electrons. The Kier molecular flexibility index (Phi) is 4.53. The number of rotatable bonds is 5. The zero-order chi connectivity index (χ0) is 20.0. The van der Waals surface area contributed by atoms with E-state index in [4.69, 9.17) is 4.74 Å². The second kappa shape index (κ2) is 7.21. The van der Waals surface area contributed by atoms with E-state index in [0.29, 0.717) is 17.8 Å². The van der Waals surface area contributed by atoms with Gasteiger partial charge in [-0.15, -0.1) is 0 Å². The minimum absolute atomic E-state index is 0.178. The molecule has 1 aliphatic carbocycles. The average molecular weight is 391 g/mol. The van der Waals surface area contributed by atoms with Crippen LogP contribution < -0.4 is 9.64 Å². The number of benzene rings is 2. The average Bonchev–Trinajstić information content (AvgIpc) is 3.47. The highest BCUT2D eigenvalue weighted by atomic mass is 19.1. The maximum absolute atomic E-state index is 15.4. The van der Waals surface area contributed by atoms with E-state index in [1.54, 1.807) is 6.07 Å². The predicted molar refractivity (Wildman–Crippen MR) is 113 cm³/mol. The summed E-state index contributed by atoms with van der Waals surface area (Å²) in [6.07, 6.45) is 7.97. The molecule has 1 saturated carbocycles. The van der Waals surface area contributed by atoms with Crippen molar-refractivity contribution >= 4 is 5.69 Å². The largest absolute Gasteiger partial charge is 0.456 e. The fourth-order valence-electron chi connectivity index (χ4n) is 4.37. The monoisotopic (exact) mass is 391 g/mol.